The highest BCUT2D eigenvalue weighted by Gasteiger charge is 2.33. The monoisotopic (exact) mass is 437 g/mol. The van der Waals surface area contributed by atoms with Gasteiger partial charge < -0.3 is 10.3 Å². The van der Waals surface area contributed by atoms with E-state index in [4.69, 9.17) is 11.6 Å². The number of hydrogen-bond donors (Lipinski definition) is 2. The number of halogens is 4. The summed E-state index contributed by atoms with van der Waals surface area (Å²) in [7, 11) is 0. The van der Waals surface area contributed by atoms with E-state index in [1.807, 2.05) is 0 Å². The van der Waals surface area contributed by atoms with Crippen LogP contribution < -0.4 is 5.32 Å². The minimum absolute atomic E-state index is 0.175. The van der Waals surface area contributed by atoms with E-state index in [1.54, 1.807) is 18.2 Å². The number of alkyl halides is 3. The topological polar surface area (TPSA) is 83.6 Å². The van der Waals surface area contributed by atoms with Gasteiger partial charge >= 0.3 is 6.18 Å². The van der Waals surface area contributed by atoms with Crippen LogP contribution >= 0.6 is 23.4 Å². The number of carbonyl (C=O) groups excluding carboxylic acids is 1. The van der Waals surface area contributed by atoms with Crippen LogP contribution in [0.2, 0.25) is 5.02 Å². The molecule has 2 heterocycles. The minimum atomic E-state index is -4.56. The van der Waals surface area contributed by atoms with Gasteiger partial charge in [0.15, 0.2) is 5.65 Å². The molecule has 0 aliphatic heterocycles. The van der Waals surface area contributed by atoms with Crippen LogP contribution in [-0.4, -0.2) is 31.8 Å². The zero-order chi connectivity index (χ0) is 20.6. The molecule has 0 spiro atoms. The number of aromatic nitrogens is 4. The SMILES string of the molecule is O=C(CSc1nnc2c(n1)[nH]c1ccc(Cl)cc12)Nc1ccccc1C(F)(F)F. The number of fused-ring (bicyclic) bond motifs is 3. The Hall–Kier alpha value is -2.85. The van der Waals surface area contributed by atoms with Crippen molar-refractivity contribution >= 4 is 57.0 Å². The predicted molar refractivity (Wildman–Crippen MR) is 105 cm³/mol. The number of anilines is 1. The van der Waals surface area contributed by atoms with Crippen molar-refractivity contribution in [2.75, 3.05) is 11.1 Å². The molecule has 0 fully saturated rings. The highest BCUT2D eigenvalue weighted by atomic mass is 35.5. The van der Waals surface area contributed by atoms with Crippen LogP contribution in [0, 0.1) is 0 Å². The van der Waals surface area contributed by atoms with E-state index in [1.165, 1.54) is 18.2 Å². The van der Waals surface area contributed by atoms with Crippen molar-refractivity contribution in [3.05, 3.63) is 53.1 Å². The third-order valence-corrected chi connectivity index (χ3v) is 5.07. The van der Waals surface area contributed by atoms with Gasteiger partial charge in [0.1, 0.15) is 5.52 Å². The molecule has 148 valence electrons. The van der Waals surface area contributed by atoms with Gasteiger partial charge in [0.05, 0.1) is 17.0 Å². The van der Waals surface area contributed by atoms with Crippen molar-refractivity contribution in [3.63, 3.8) is 0 Å². The average Bonchev–Trinajstić information content (AvgIpc) is 3.03. The summed E-state index contributed by atoms with van der Waals surface area (Å²) in [5.74, 6) is -0.787. The molecule has 6 nitrogen and oxygen atoms in total. The summed E-state index contributed by atoms with van der Waals surface area (Å²) < 4.78 is 39.0. The lowest BCUT2D eigenvalue weighted by atomic mass is 10.1. The van der Waals surface area contributed by atoms with Crippen LogP contribution in [-0.2, 0) is 11.0 Å². The molecule has 0 aliphatic rings. The maximum absolute atomic E-state index is 13.0. The van der Waals surface area contributed by atoms with Crippen LogP contribution in [0.1, 0.15) is 5.56 Å². The van der Waals surface area contributed by atoms with Crippen molar-refractivity contribution in [2.45, 2.75) is 11.3 Å². The molecular weight excluding hydrogens is 427 g/mol. The Labute approximate surface area is 170 Å². The van der Waals surface area contributed by atoms with Crippen LogP contribution in [0.4, 0.5) is 18.9 Å². The summed E-state index contributed by atoms with van der Waals surface area (Å²) in [4.78, 5) is 19.5. The summed E-state index contributed by atoms with van der Waals surface area (Å²) in [5, 5.41) is 11.9. The first-order valence-electron chi connectivity index (χ1n) is 8.22. The molecule has 1 amide bonds. The second-order valence-corrected chi connectivity index (χ2v) is 7.37. The number of amides is 1. The number of benzene rings is 2. The first kappa shape index (κ1) is 19.5. The van der Waals surface area contributed by atoms with Crippen molar-refractivity contribution in [1.82, 2.24) is 20.2 Å². The number of aromatic amines is 1. The van der Waals surface area contributed by atoms with Crippen molar-refractivity contribution in [1.29, 1.82) is 0 Å². The van der Waals surface area contributed by atoms with E-state index in [2.05, 4.69) is 25.5 Å². The number of para-hydroxylation sites is 1. The summed E-state index contributed by atoms with van der Waals surface area (Å²) in [6, 6.07) is 10.0. The van der Waals surface area contributed by atoms with Crippen LogP contribution in [0.15, 0.2) is 47.6 Å². The fraction of sp³-hybridized carbons (Fsp3) is 0.111. The molecule has 0 radical (unpaired) electrons. The van der Waals surface area contributed by atoms with E-state index in [-0.39, 0.29) is 16.6 Å². The quantitative estimate of drug-likeness (QED) is 0.443. The largest absolute Gasteiger partial charge is 0.418 e. The first-order valence-corrected chi connectivity index (χ1v) is 9.58. The van der Waals surface area contributed by atoms with Gasteiger partial charge in [0.25, 0.3) is 0 Å². The highest BCUT2D eigenvalue weighted by Crippen LogP contribution is 2.34. The molecular formula is C18H11ClF3N5OS. The molecule has 2 aromatic heterocycles. The fourth-order valence-electron chi connectivity index (χ4n) is 2.75. The molecule has 0 saturated carbocycles. The van der Waals surface area contributed by atoms with Gasteiger partial charge in [-0.1, -0.05) is 35.5 Å². The molecule has 4 rings (SSSR count). The van der Waals surface area contributed by atoms with E-state index >= 15 is 0 Å². The van der Waals surface area contributed by atoms with Gasteiger partial charge in [-0.15, -0.1) is 10.2 Å². The molecule has 4 aromatic rings. The number of rotatable bonds is 4. The summed E-state index contributed by atoms with van der Waals surface area (Å²) in [6.07, 6.45) is -4.56. The Morgan fingerprint density at radius 1 is 1.17 bits per heavy atom. The molecule has 11 heteroatoms. The molecule has 0 bridgehead atoms. The Kier molecular flexibility index (Phi) is 5.05. The van der Waals surface area contributed by atoms with E-state index in [0.29, 0.717) is 16.2 Å². The lowest BCUT2D eigenvalue weighted by Crippen LogP contribution is -2.18. The highest BCUT2D eigenvalue weighted by molar-refractivity contribution is 7.99. The van der Waals surface area contributed by atoms with Gasteiger partial charge in [-0.25, -0.2) is 4.98 Å². The lowest BCUT2D eigenvalue weighted by Gasteiger charge is -2.13. The average molecular weight is 438 g/mol. The summed E-state index contributed by atoms with van der Waals surface area (Å²) >= 11 is 6.96. The third-order valence-electron chi connectivity index (χ3n) is 4.00. The van der Waals surface area contributed by atoms with Gasteiger partial charge in [0.2, 0.25) is 11.1 Å². The standard InChI is InChI=1S/C18H11ClF3N5OS/c19-9-5-6-12-10(7-9)15-16(24-12)25-17(27-26-15)29-8-14(28)23-13-4-2-1-3-11(13)18(20,21)22/h1-7H,8H2,(H,23,28)(H,24,25,27). The Morgan fingerprint density at radius 3 is 2.76 bits per heavy atom. The second-order valence-electron chi connectivity index (χ2n) is 5.99. The van der Waals surface area contributed by atoms with Gasteiger partial charge in [-0.05, 0) is 30.3 Å². The zero-order valence-electron chi connectivity index (χ0n) is 14.4. The molecule has 2 aromatic carbocycles. The third kappa shape index (κ3) is 4.13. The van der Waals surface area contributed by atoms with Gasteiger partial charge in [0, 0.05) is 15.9 Å². The molecule has 29 heavy (non-hydrogen) atoms. The first-order chi connectivity index (χ1) is 13.8. The number of H-pyrrole nitrogens is 1. The predicted octanol–water partition coefficient (Wildman–Crippen LogP) is 4.91. The smallest absolute Gasteiger partial charge is 0.338 e. The summed E-state index contributed by atoms with van der Waals surface area (Å²) in [6.45, 7) is 0. The van der Waals surface area contributed by atoms with E-state index < -0.39 is 17.6 Å². The Morgan fingerprint density at radius 2 is 1.97 bits per heavy atom. The maximum Gasteiger partial charge on any atom is 0.418 e. The number of nitrogens with zero attached hydrogens (tertiary/aromatic N) is 3. The van der Waals surface area contributed by atoms with Crippen molar-refractivity contribution in [3.8, 4) is 0 Å². The molecule has 2 N–H and O–H groups in total. The van der Waals surface area contributed by atoms with Crippen LogP contribution in [0.25, 0.3) is 22.1 Å². The molecule has 0 aliphatic carbocycles. The number of hydrogen-bond acceptors (Lipinski definition) is 5. The Balaban J connectivity index is 1.48. The van der Waals surface area contributed by atoms with Crippen LogP contribution in [0.5, 0.6) is 0 Å². The van der Waals surface area contributed by atoms with Crippen LogP contribution in [0.3, 0.4) is 0 Å². The lowest BCUT2D eigenvalue weighted by molar-refractivity contribution is -0.137. The minimum Gasteiger partial charge on any atom is -0.338 e. The number of thioether (sulfide) groups is 1. The molecule has 0 atom stereocenters. The molecule has 0 saturated heterocycles. The van der Waals surface area contributed by atoms with Crippen molar-refractivity contribution in [2.24, 2.45) is 0 Å². The van der Waals surface area contributed by atoms with Gasteiger partial charge in [-0.2, -0.15) is 13.2 Å². The maximum atomic E-state index is 13.0. The fourth-order valence-corrected chi connectivity index (χ4v) is 3.50. The molecule has 0 unspecified atom stereocenters. The van der Waals surface area contributed by atoms with Gasteiger partial charge in [-0.3, -0.25) is 4.79 Å². The zero-order valence-corrected chi connectivity index (χ0v) is 16.0. The van der Waals surface area contributed by atoms with Crippen molar-refractivity contribution < 1.29 is 18.0 Å². The summed E-state index contributed by atoms with van der Waals surface area (Å²) in [5.41, 5.74) is 0.592. The second kappa shape index (κ2) is 7.53. The van der Waals surface area contributed by atoms with E-state index in [9.17, 15) is 18.0 Å². The Bertz CT molecular complexity index is 1230. The normalized spacial score (nSPS) is 11.9. The number of carbonyl (C=O) groups is 1. The van der Waals surface area contributed by atoms with E-state index in [0.717, 1.165) is 28.7 Å². The number of nitrogens with one attached hydrogen (secondary N) is 2.